The van der Waals surface area contributed by atoms with Crippen LogP contribution < -0.4 is 0 Å². The van der Waals surface area contributed by atoms with Crippen LogP contribution in [0, 0.1) is 5.82 Å². The van der Waals surface area contributed by atoms with Crippen molar-refractivity contribution in [3.8, 4) is 11.1 Å². The van der Waals surface area contributed by atoms with E-state index in [0.717, 1.165) is 53.7 Å². The lowest BCUT2D eigenvalue weighted by Gasteiger charge is -2.31. The van der Waals surface area contributed by atoms with E-state index in [1.54, 1.807) is 6.92 Å². The topological polar surface area (TPSA) is 66.8 Å². The number of nitrogens with one attached hydrogen (secondary N) is 1. The first-order valence-electron chi connectivity index (χ1n) is 11.2. The molecule has 0 bridgehead atoms. The van der Waals surface area contributed by atoms with Crippen LogP contribution in [-0.4, -0.2) is 43.6 Å². The van der Waals surface area contributed by atoms with Crippen LogP contribution in [0.5, 0.6) is 0 Å². The number of fused-ring (bicyclic) bond motifs is 1. The third-order valence-corrected chi connectivity index (χ3v) is 7.47. The molecule has 176 valence electrons. The number of amides is 1. The van der Waals surface area contributed by atoms with Gasteiger partial charge in [-0.25, -0.2) is 9.37 Å². The Kier molecular flexibility index (Phi) is 6.08. The summed E-state index contributed by atoms with van der Waals surface area (Å²) in [6.45, 7) is 5.06. The fraction of sp³-hybridized carbons (Fsp3) is 0.320. The molecule has 3 aromatic heterocycles. The van der Waals surface area contributed by atoms with Gasteiger partial charge in [0.05, 0.1) is 17.3 Å². The normalized spacial score (nSPS) is 15.7. The highest BCUT2D eigenvalue weighted by Gasteiger charge is 2.24. The molecular weight excluding hydrogens is 476 g/mol. The third kappa shape index (κ3) is 4.07. The number of hydrogen-bond acceptors (Lipinski definition) is 3. The Morgan fingerprint density at radius 2 is 1.97 bits per heavy atom. The van der Waals surface area contributed by atoms with E-state index in [1.165, 1.54) is 12.1 Å². The second-order valence-electron chi connectivity index (χ2n) is 8.79. The molecule has 34 heavy (non-hydrogen) atoms. The molecule has 1 fully saturated rings. The standard InChI is InChI=1S/C25H24Cl2FN5O/c1-14(23-21(26)3-4-22(28)24(23)27)20-12-30-25-19(20)9-16(10-29-25)17-11-31-33(13-17)18-5-7-32(8-6-18)15(2)34/h3-4,9-14,18H,5-8H2,1-2H3,(H,29,30). The highest BCUT2D eigenvalue weighted by molar-refractivity contribution is 6.36. The van der Waals surface area contributed by atoms with E-state index in [2.05, 4.69) is 21.1 Å². The number of likely N-dealkylation sites (tertiary alicyclic amines) is 1. The Balaban J connectivity index is 1.45. The van der Waals surface area contributed by atoms with Crippen molar-refractivity contribution in [3.63, 3.8) is 0 Å². The highest BCUT2D eigenvalue weighted by atomic mass is 35.5. The summed E-state index contributed by atoms with van der Waals surface area (Å²) in [5.74, 6) is -0.611. The van der Waals surface area contributed by atoms with E-state index in [1.807, 2.05) is 41.3 Å². The van der Waals surface area contributed by atoms with Gasteiger partial charge in [0.25, 0.3) is 0 Å². The second-order valence-corrected chi connectivity index (χ2v) is 9.57. The number of halogens is 3. The van der Waals surface area contributed by atoms with Crippen molar-refractivity contribution in [1.82, 2.24) is 24.6 Å². The molecule has 4 heterocycles. The maximum Gasteiger partial charge on any atom is 0.219 e. The van der Waals surface area contributed by atoms with Gasteiger partial charge >= 0.3 is 0 Å². The van der Waals surface area contributed by atoms with E-state index in [0.29, 0.717) is 10.6 Å². The van der Waals surface area contributed by atoms with Gasteiger partial charge in [0.15, 0.2) is 0 Å². The lowest BCUT2D eigenvalue weighted by molar-refractivity contribution is -0.130. The van der Waals surface area contributed by atoms with Gasteiger partial charge in [-0.1, -0.05) is 30.1 Å². The maximum atomic E-state index is 14.1. The summed E-state index contributed by atoms with van der Waals surface area (Å²) in [5, 5.41) is 5.98. The minimum absolute atomic E-state index is 0.0376. The van der Waals surface area contributed by atoms with E-state index < -0.39 is 5.82 Å². The monoisotopic (exact) mass is 499 g/mol. The Labute approximate surface area is 206 Å². The molecule has 1 aliphatic heterocycles. The molecule has 9 heteroatoms. The maximum absolute atomic E-state index is 14.1. The number of aromatic amines is 1. The van der Waals surface area contributed by atoms with Gasteiger partial charge in [0, 0.05) is 66.1 Å². The molecular formula is C25H24Cl2FN5O. The number of H-pyrrole nitrogens is 1. The number of pyridine rings is 1. The van der Waals surface area contributed by atoms with E-state index in [-0.39, 0.29) is 22.9 Å². The molecule has 1 N–H and O–H groups in total. The predicted molar refractivity (Wildman–Crippen MR) is 132 cm³/mol. The molecule has 0 aliphatic carbocycles. The fourth-order valence-electron chi connectivity index (χ4n) is 4.77. The van der Waals surface area contributed by atoms with E-state index in [4.69, 9.17) is 23.2 Å². The highest BCUT2D eigenvalue weighted by Crippen LogP contribution is 2.39. The van der Waals surface area contributed by atoms with Gasteiger partial charge < -0.3 is 9.88 Å². The van der Waals surface area contributed by atoms with Gasteiger partial charge in [0.2, 0.25) is 5.91 Å². The summed E-state index contributed by atoms with van der Waals surface area (Å²) in [5.41, 5.74) is 4.12. The van der Waals surface area contributed by atoms with Crippen LogP contribution in [0.2, 0.25) is 10.0 Å². The van der Waals surface area contributed by atoms with Crippen molar-refractivity contribution >= 4 is 40.1 Å². The van der Waals surface area contributed by atoms with Crippen LogP contribution >= 0.6 is 23.2 Å². The lowest BCUT2D eigenvalue weighted by atomic mass is 9.92. The first-order valence-corrected chi connectivity index (χ1v) is 12.0. The predicted octanol–water partition coefficient (Wildman–Crippen LogP) is 6.21. The lowest BCUT2D eigenvalue weighted by Crippen LogP contribution is -2.37. The largest absolute Gasteiger partial charge is 0.346 e. The average molecular weight is 500 g/mol. The zero-order valence-electron chi connectivity index (χ0n) is 18.9. The van der Waals surface area contributed by atoms with Gasteiger partial charge in [-0.2, -0.15) is 5.10 Å². The van der Waals surface area contributed by atoms with Crippen molar-refractivity contribution in [1.29, 1.82) is 0 Å². The quantitative estimate of drug-likeness (QED) is 0.339. The smallest absolute Gasteiger partial charge is 0.219 e. The van der Waals surface area contributed by atoms with Gasteiger partial charge in [-0.05, 0) is 42.2 Å². The molecule has 1 atom stereocenters. The minimum Gasteiger partial charge on any atom is -0.346 e. The van der Waals surface area contributed by atoms with E-state index in [9.17, 15) is 9.18 Å². The zero-order valence-corrected chi connectivity index (χ0v) is 20.4. The summed E-state index contributed by atoms with van der Waals surface area (Å²) in [6, 6.07) is 5.13. The molecule has 0 spiro atoms. The Morgan fingerprint density at radius 3 is 2.71 bits per heavy atom. The van der Waals surface area contributed by atoms with Gasteiger partial charge in [-0.3, -0.25) is 9.48 Å². The van der Waals surface area contributed by atoms with Gasteiger partial charge in [-0.15, -0.1) is 0 Å². The molecule has 0 saturated carbocycles. The average Bonchev–Trinajstić information content (AvgIpc) is 3.49. The minimum atomic E-state index is -0.492. The number of carbonyl (C=O) groups is 1. The Hall–Kier alpha value is -2.90. The van der Waals surface area contributed by atoms with Crippen LogP contribution in [0.25, 0.3) is 22.2 Å². The van der Waals surface area contributed by atoms with Crippen LogP contribution in [0.15, 0.2) is 43.0 Å². The first kappa shape index (κ1) is 22.9. The molecule has 1 aromatic carbocycles. The van der Waals surface area contributed by atoms with Gasteiger partial charge in [0.1, 0.15) is 11.5 Å². The Morgan fingerprint density at radius 1 is 1.21 bits per heavy atom. The van der Waals surface area contributed by atoms with Crippen molar-refractivity contribution in [2.45, 2.75) is 38.6 Å². The van der Waals surface area contributed by atoms with Crippen molar-refractivity contribution in [2.24, 2.45) is 0 Å². The number of aromatic nitrogens is 4. The van der Waals surface area contributed by atoms with Crippen molar-refractivity contribution in [3.05, 3.63) is 70.0 Å². The number of benzene rings is 1. The van der Waals surface area contributed by atoms with Crippen LogP contribution in [0.3, 0.4) is 0 Å². The SMILES string of the molecule is CC(=O)N1CCC(n2cc(-c3cnc4[nH]cc(C(C)c5c(Cl)ccc(F)c5Cl)c4c3)cn2)CC1. The third-order valence-electron chi connectivity index (χ3n) is 6.76. The molecule has 1 saturated heterocycles. The molecule has 1 unspecified atom stereocenters. The van der Waals surface area contributed by atoms with Crippen LogP contribution in [-0.2, 0) is 4.79 Å². The molecule has 5 rings (SSSR count). The van der Waals surface area contributed by atoms with Crippen molar-refractivity contribution < 1.29 is 9.18 Å². The summed E-state index contributed by atoms with van der Waals surface area (Å²) in [6.07, 6.45) is 9.33. The summed E-state index contributed by atoms with van der Waals surface area (Å²) >= 11 is 12.7. The second kappa shape index (κ2) is 9.04. The molecule has 6 nitrogen and oxygen atoms in total. The summed E-state index contributed by atoms with van der Waals surface area (Å²) in [7, 11) is 0. The number of piperidine rings is 1. The van der Waals surface area contributed by atoms with Crippen LogP contribution in [0.1, 0.15) is 49.8 Å². The van der Waals surface area contributed by atoms with E-state index >= 15 is 0 Å². The number of rotatable bonds is 4. The van der Waals surface area contributed by atoms with Crippen LogP contribution in [0.4, 0.5) is 4.39 Å². The Bertz CT molecular complexity index is 1370. The molecule has 1 aliphatic rings. The number of nitrogens with zero attached hydrogens (tertiary/aromatic N) is 4. The van der Waals surface area contributed by atoms with Crippen molar-refractivity contribution in [2.75, 3.05) is 13.1 Å². The summed E-state index contributed by atoms with van der Waals surface area (Å²) < 4.78 is 16.1. The number of hydrogen-bond donors (Lipinski definition) is 1. The fourth-order valence-corrected chi connectivity index (χ4v) is 5.47. The molecule has 1 amide bonds. The zero-order chi connectivity index (χ0) is 24.0. The first-order chi connectivity index (χ1) is 16.3. The summed E-state index contributed by atoms with van der Waals surface area (Å²) in [4.78, 5) is 21.3. The number of carbonyl (C=O) groups excluding carboxylic acids is 1. The molecule has 0 radical (unpaired) electrons. The molecule has 4 aromatic rings.